The molecule has 0 bridgehead atoms. The zero-order valence-corrected chi connectivity index (χ0v) is 15.7. The Labute approximate surface area is 148 Å². The lowest BCUT2D eigenvalue weighted by atomic mass is 10.1. The number of aromatic nitrogens is 1. The Hall–Kier alpha value is -2.41. The lowest BCUT2D eigenvalue weighted by Crippen LogP contribution is -2.47. The van der Waals surface area contributed by atoms with E-state index in [0.717, 1.165) is 27.3 Å². The number of rotatable bonds is 6. The van der Waals surface area contributed by atoms with Crippen LogP contribution in [-0.2, 0) is 21.4 Å². The van der Waals surface area contributed by atoms with Gasteiger partial charge in [0.2, 0.25) is 15.9 Å². The largest absolute Gasteiger partial charge is 0.350 e. The molecule has 1 aromatic carbocycles. The lowest BCUT2D eigenvalue weighted by molar-refractivity contribution is -0.122. The molecule has 0 radical (unpaired) electrons. The van der Waals surface area contributed by atoms with Gasteiger partial charge >= 0.3 is 0 Å². The van der Waals surface area contributed by atoms with Crippen molar-refractivity contribution in [3.63, 3.8) is 0 Å². The van der Waals surface area contributed by atoms with Crippen LogP contribution in [0, 0.1) is 13.8 Å². The fraction of sp³-hybridized carbons (Fsp3) is 0.333. The Balaban J connectivity index is 2.24. The van der Waals surface area contributed by atoms with Crippen molar-refractivity contribution in [3.05, 3.63) is 59.4 Å². The highest BCUT2D eigenvalue weighted by atomic mass is 32.2. The normalized spacial score (nSPS) is 12.5. The number of pyridine rings is 1. The third-order valence-electron chi connectivity index (χ3n) is 3.74. The van der Waals surface area contributed by atoms with Crippen LogP contribution in [0.15, 0.2) is 42.7 Å². The monoisotopic (exact) mass is 361 g/mol. The van der Waals surface area contributed by atoms with E-state index >= 15 is 0 Å². The predicted octanol–water partition coefficient (Wildman–Crippen LogP) is 2.17. The Kier molecular flexibility index (Phi) is 5.79. The molecule has 0 aliphatic rings. The number of sulfonamides is 1. The average Bonchev–Trinajstić information content (AvgIpc) is 2.51. The van der Waals surface area contributed by atoms with Gasteiger partial charge < -0.3 is 5.32 Å². The topological polar surface area (TPSA) is 79.4 Å². The molecule has 2 aromatic rings. The van der Waals surface area contributed by atoms with E-state index in [4.69, 9.17) is 0 Å². The van der Waals surface area contributed by atoms with Gasteiger partial charge in [0.1, 0.15) is 6.04 Å². The summed E-state index contributed by atoms with van der Waals surface area (Å²) in [6.45, 7) is 5.66. The molecule has 7 heteroatoms. The maximum absolute atomic E-state index is 12.5. The van der Waals surface area contributed by atoms with Crippen LogP contribution in [0.4, 0.5) is 5.69 Å². The summed E-state index contributed by atoms with van der Waals surface area (Å²) in [4.78, 5) is 16.5. The molecule has 1 N–H and O–H groups in total. The van der Waals surface area contributed by atoms with Gasteiger partial charge in [0.25, 0.3) is 0 Å². The summed E-state index contributed by atoms with van der Waals surface area (Å²) in [5.41, 5.74) is 3.21. The van der Waals surface area contributed by atoms with Crippen LogP contribution in [0.3, 0.4) is 0 Å². The number of hydrogen-bond donors (Lipinski definition) is 1. The van der Waals surface area contributed by atoms with Crippen molar-refractivity contribution in [1.82, 2.24) is 10.3 Å². The minimum Gasteiger partial charge on any atom is -0.350 e. The smallest absolute Gasteiger partial charge is 0.243 e. The van der Waals surface area contributed by atoms with E-state index in [1.54, 1.807) is 37.5 Å². The Morgan fingerprint density at radius 1 is 1.24 bits per heavy atom. The summed E-state index contributed by atoms with van der Waals surface area (Å²) >= 11 is 0. The molecule has 1 amide bonds. The molecule has 1 aromatic heterocycles. The maximum atomic E-state index is 12.5. The van der Waals surface area contributed by atoms with Gasteiger partial charge in [0.15, 0.2) is 0 Å². The van der Waals surface area contributed by atoms with Crippen molar-refractivity contribution in [3.8, 4) is 0 Å². The minimum absolute atomic E-state index is 0.293. The van der Waals surface area contributed by atoms with Crippen molar-refractivity contribution >= 4 is 21.6 Å². The van der Waals surface area contributed by atoms with Crippen LogP contribution in [0.25, 0.3) is 0 Å². The molecule has 134 valence electrons. The van der Waals surface area contributed by atoms with Gasteiger partial charge in [-0.2, -0.15) is 0 Å². The maximum Gasteiger partial charge on any atom is 0.243 e. The SMILES string of the molecule is Cc1cc(C)cc(N([C@H](C)C(=O)NCc2cccnc2)S(C)(=O)=O)c1. The Morgan fingerprint density at radius 3 is 2.40 bits per heavy atom. The van der Waals surface area contributed by atoms with Crippen molar-refractivity contribution in [2.75, 3.05) is 10.6 Å². The number of nitrogens with one attached hydrogen (secondary N) is 1. The highest BCUT2D eigenvalue weighted by Gasteiger charge is 2.29. The zero-order chi connectivity index (χ0) is 18.6. The quantitative estimate of drug-likeness (QED) is 0.855. The first-order chi connectivity index (χ1) is 11.7. The second-order valence-corrected chi connectivity index (χ2v) is 8.02. The van der Waals surface area contributed by atoms with Crippen LogP contribution >= 0.6 is 0 Å². The number of anilines is 1. The van der Waals surface area contributed by atoms with Crippen molar-refractivity contribution in [2.45, 2.75) is 33.4 Å². The molecular formula is C18H23N3O3S. The van der Waals surface area contributed by atoms with Gasteiger partial charge in [0.05, 0.1) is 11.9 Å². The van der Waals surface area contributed by atoms with Crippen LogP contribution in [0.5, 0.6) is 0 Å². The van der Waals surface area contributed by atoms with Crippen LogP contribution in [0.2, 0.25) is 0 Å². The molecule has 0 spiro atoms. The third-order valence-corrected chi connectivity index (χ3v) is 4.98. The minimum atomic E-state index is -3.62. The van der Waals surface area contributed by atoms with E-state index in [2.05, 4.69) is 10.3 Å². The first-order valence-electron chi connectivity index (χ1n) is 7.93. The number of benzene rings is 1. The molecule has 0 saturated heterocycles. The molecule has 2 rings (SSSR count). The summed E-state index contributed by atoms with van der Waals surface area (Å²) < 4.78 is 25.8. The first-order valence-corrected chi connectivity index (χ1v) is 9.77. The summed E-state index contributed by atoms with van der Waals surface area (Å²) in [5, 5.41) is 2.77. The van der Waals surface area contributed by atoms with Crippen molar-refractivity contribution in [1.29, 1.82) is 0 Å². The van der Waals surface area contributed by atoms with E-state index in [1.165, 1.54) is 0 Å². The van der Waals surface area contributed by atoms with E-state index in [0.29, 0.717) is 12.2 Å². The number of aryl methyl sites for hydroxylation is 2. The molecule has 0 saturated carbocycles. The fourth-order valence-electron chi connectivity index (χ4n) is 2.73. The predicted molar refractivity (Wildman–Crippen MR) is 98.8 cm³/mol. The molecule has 0 fully saturated rings. The molecule has 1 heterocycles. The van der Waals surface area contributed by atoms with Gasteiger partial charge in [-0.1, -0.05) is 12.1 Å². The van der Waals surface area contributed by atoms with Crippen LogP contribution < -0.4 is 9.62 Å². The average molecular weight is 361 g/mol. The molecule has 0 unspecified atom stereocenters. The Morgan fingerprint density at radius 2 is 1.88 bits per heavy atom. The Bertz CT molecular complexity index is 831. The van der Waals surface area contributed by atoms with Crippen LogP contribution in [-0.4, -0.2) is 31.6 Å². The summed E-state index contributed by atoms with van der Waals surface area (Å²) in [7, 11) is -3.62. The number of amides is 1. The lowest BCUT2D eigenvalue weighted by Gasteiger charge is -2.28. The highest BCUT2D eigenvalue weighted by molar-refractivity contribution is 7.92. The van der Waals surface area contributed by atoms with Crippen molar-refractivity contribution in [2.24, 2.45) is 0 Å². The first kappa shape index (κ1) is 18.9. The number of hydrogen-bond acceptors (Lipinski definition) is 4. The summed E-state index contributed by atoms with van der Waals surface area (Å²) in [6, 6.07) is 8.24. The molecule has 25 heavy (non-hydrogen) atoms. The number of carbonyl (C=O) groups is 1. The van der Waals surface area contributed by atoms with Gasteiger partial charge in [-0.05, 0) is 55.7 Å². The second kappa shape index (κ2) is 7.65. The van der Waals surface area contributed by atoms with E-state index < -0.39 is 16.1 Å². The standard InChI is InChI=1S/C18H23N3O3S/c1-13-8-14(2)10-17(9-13)21(25(4,23)24)15(3)18(22)20-12-16-6-5-7-19-11-16/h5-11,15H,12H2,1-4H3,(H,20,22)/t15-/m1/s1. The second-order valence-electron chi connectivity index (χ2n) is 6.16. The fourth-order valence-corrected chi connectivity index (χ4v) is 3.88. The van der Waals surface area contributed by atoms with Crippen LogP contribution in [0.1, 0.15) is 23.6 Å². The molecule has 6 nitrogen and oxygen atoms in total. The van der Waals surface area contributed by atoms with Gasteiger partial charge in [0, 0.05) is 18.9 Å². The molecule has 0 aliphatic heterocycles. The highest BCUT2D eigenvalue weighted by Crippen LogP contribution is 2.23. The third kappa shape index (κ3) is 5.03. The van der Waals surface area contributed by atoms with Gasteiger partial charge in [-0.3, -0.25) is 14.1 Å². The molecule has 0 aliphatic carbocycles. The molecular weight excluding hydrogens is 338 g/mol. The van der Waals surface area contributed by atoms with Crippen molar-refractivity contribution < 1.29 is 13.2 Å². The van der Waals surface area contributed by atoms with E-state index in [9.17, 15) is 13.2 Å². The van der Waals surface area contributed by atoms with E-state index in [1.807, 2.05) is 26.0 Å². The number of nitrogens with zero attached hydrogens (tertiary/aromatic N) is 2. The van der Waals surface area contributed by atoms with Gasteiger partial charge in [-0.15, -0.1) is 0 Å². The zero-order valence-electron chi connectivity index (χ0n) is 14.9. The summed E-state index contributed by atoms with van der Waals surface area (Å²) in [5.74, 6) is -0.367. The molecule has 1 atom stereocenters. The van der Waals surface area contributed by atoms with Gasteiger partial charge in [-0.25, -0.2) is 8.42 Å². The summed E-state index contributed by atoms with van der Waals surface area (Å²) in [6.07, 6.45) is 4.41. The van der Waals surface area contributed by atoms with E-state index in [-0.39, 0.29) is 5.91 Å². The number of carbonyl (C=O) groups excluding carboxylic acids is 1.